The molecule has 4 aromatic rings. The summed E-state index contributed by atoms with van der Waals surface area (Å²) in [5, 5.41) is 2.79. The van der Waals surface area contributed by atoms with E-state index in [1.807, 2.05) is 0 Å². The molecule has 3 atom stereocenters. The number of hydrogen-bond acceptors (Lipinski definition) is 2. The maximum Gasteiger partial charge on any atom is 0.108 e. The van der Waals surface area contributed by atoms with Gasteiger partial charge < -0.3 is 9.80 Å². The van der Waals surface area contributed by atoms with Crippen molar-refractivity contribution in [1.82, 2.24) is 0 Å². The summed E-state index contributed by atoms with van der Waals surface area (Å²) in [4.78, 5) is 5.51. The Labute approximate surface area is 229 Å². The average molecular weight is 503 g/mol. The molecule has 3 aliphatic heterocycles. The second kappa shape index (κ2) is 7.42. The minimum absolute atomic E-state index is 0.160. The highest BCUT2D eigenvalue weighted by atomic mass is 15.5. The molecule has 2 heteroatoms. The van der Waals surface area contributed by atoms with Gasteiger partial charge in [0.15, 0.2) is 0 Å². The highest BCUT2D eigenvalue weighted by Gasteiger charge is 2.55. The van der Waals surface area contributed by atoms with Crippen molar-refractivity contribution in [3.63, 3.8) is 0 Å². The van der Waals surface area contributed by atoms with Gasteiger partial charge in [0.1, 0.15) is 5.66 Å². The quantitative estimate of drug-likeness (QED) is 0.271. The summed E-state index contributed by atoms with van der Waals surface area (Å²) in [6, 6.07) is 31.9. The first-order chi connectivity index (χ1) is 19.1. The van der Waals surface area contributed by atoms with Crippen LogP contribution in [0.2, 0.25) is 0 Å². The lowest BCUT2D eigenvalue weighted by Crippen LogP contribution is -2.63. The summed E-state index contributed by atoms with van der Waals surface area (Å²) in [5.74, 6) is 0.353. The first kappa shape index (κ1) is 21.6. The molecule has 2 aliphatic carbocycles. The monoisotopic (exact) mass is 502 g/mol. The fourth-order valence-electron chi connectivity index (χ4n) is 8.16. The van der Waals surface area contributed by atoms with Gasteiger partial charge in [0.25, 0.3) is 0 Å². The molecule has 9 rings (SSSR count). The standard InChI is InChI=1S/C37H30N2/c1-37(2)38-32-19-15-26(23-9-5-3-6-10-23)21-30(32)28-17-13-25-14-18-29-31-22-27(24-11-7-4-8-12-24)16-20-33(31)39(37)36(29)34(25)35(28)38/h3-19,21-22,30,32-33H,20H2,1-2H3. The largest absolute Gasteiger partial charge is 0.341 e. The Bertz CT molecular complexity index is 1810. The molecule has 3 unspecified atom stereocenters. The van der Waals surface area contributed by atoms with Crippen LogP contribution < -0.4 is 9.80 Å². The maximum absolute atomic E-state index is 2.76. The molecular weight excluding hydrogens is 472 g/mol. The minimum Gasteiger partial charge on any atom is -0.341 e. The van der Waals surface area contributed by atoms with Gasteiger partial charge in [-0.25, -0.2) is 0 Å². The molecule has 0 N–H and O–H groups in total. The van der Waals surface area contributed by atoms with E-state index >= 15 is 0 Å². The molecule has 0 radical (unpaired) electrons. The van der Waals surface area contributed by atoms with Crippen LogP contribution in [0.1, 0.15) is 48.4 Å². The lowest BCUT2D eigenvalue weighted by atomic mass is 9.85. The van der Waals surface area contributed by atoms with E-state index in [0.29, 0.717) is 18.0 Å². The van der Waals surface area contributed by atoms with Crippen molar-refractivity contribution < 1.29 is 0 Å². The summed E-state index contributed by atoms with van der Waals surface area (Å²) in [6.45, 7) is 4.89. The van der Waals surface area contributed by atoms with E-state index in [2.05, 4.69) is 139 Å². The molecule has 0 saturated carbocycles. The highest BCUT2D eigenvalue weighted by Crippen LogP contribution is 2.62. The molecule has 2 nitrogen and oxygen atoms in total. The van der Waals surface area contributed by atoms with Gasteiger partial charge in [-0.1, -0.05) is 109 Å². The number of nitrogens with zero attached hydrogens (tertiary/aromatic N) is 2. The molecule has 0 fully saturated rings. The predicted molar refractivity (Wildman–Crippen MR) is 164 cm³/mol. The molecule has 0 saturated heterocycles. The fraction of sp³-hybridized carbons (Fsp3) is 0.189. The maximum atomic E-state index is 2.76. The normalized spacial score (nSPS) is 24.8. The molecule has 39 heavy (non-hydrogen) atoms. The predicted octanol–water partition coefficient (Wildman–Crippen LogP) is 8.57. The molecule has 5 aliphatic rings. The molecule has 4 aromatic carbocycles. The van der Waals surface area contributed by atoms with Gasteiger partial charge in [-0.3, -0.25) is 0 Å². The van der Waals surface area contributed by atoms with Gasteiger partial charge in [-0.05, 0) is 65.1 Å². The van der Waals surface area contributed by atoms with Gasteiger partial charge >= 0.3 is 0 Å². The minimum atomic E-state index is -0.160. The van der Waals surface area contributed by atoms with Gasteiger partial charge in [-0.2, -0.15) is 0 Å². The van der Waals surface area contributed by atoms with Gasteiger partial charge in [0, 0.05) is 16.9 Å². The van der Waals surface area contributed by atoms with E-state index in [1.54, 1.807) is 0 Å². The summed E-state index contributed by atoms with van der Waals surface area (Å²) in [5.41, 5.74) is 12.4. The number of rotatable bonds is 2. The third kappa shape index (κ3) is 2.71. The van der Waals surface area contributed by atoms with Crippen LogP contribution in [0.4, 0.5) is 11.4 Å². The van der Waals surface area contributed by atoms with E-state index in [1.165, 1.54) is 61.1 Å². The summed E-state index contributed by atoms with van der Waals surface area (Å²) in [6.07, 6.45) is 13.3. The van der Waals surface area contributed by atoms with E-state index in [9.17, 15) is 0 Å². The van der Waals surface area contributed by atoms with Crippen LogP contribution in [0.25, 0.3) is 27.5 Å². The molecule has 0 bridgehead atoms. The molecule has 0 amide bonds. The smallest absolute Gasteiger partial charge is 0.108 e. The Hall–Kier alpha value is -4.30. The van der Waals surface area contributed by atoms with Gasteiger partial charge in [0.05, 0.1) is 23.5 Å². The van der Waals surface area contributed by atoms with E-state index in [4.69, 9.17) is 0 Å². The van der Waals surface area contributed by atoms with Crippen molar-refractivity contribution in [2.45, 2.75) is 43.9 Å². The summed E-state index contributed by atoms with van der Waals surface area (Å²) in [7, 11) is 0. The van der Waals surface area contributed by atoms with Gasteiger partial charge in [-0.15, -0.1) is 0 Å². The van der Waals surface area contributed by atoms with Crippen LogP contribution in [0, 0.1) is 0 Å². The Kier molecular flexibility index (Phi) is 4.11. The number of fused-ring (bicyclic) bond motifs is 6. The van der Waals surface area contributed by atoms with E-state index in [-0.39, 0.29) is 5.66 Å². The second-order valence-corrected chi connectivity index (χ2v) is 12.0. The topological polar surface area (TPSA) is 6.48 Å². The van der Waals surface area contributed by atoms with Crippen LogP contribution in [-0.4, -0.2) is 17.7 Å². The second-order valence-electron chi connectivity index (χ2n) is 12.0. The SMILES string of the molecule is CC1(C)N2c3c(ccc4ccc5c(c34)N1C1C=CC(c3ccccc3)=CC51)C1=CC(c3ccccc3)=CCC12. The summed E-state index contributed by atoms with van der Waals surface area (Å²) >= 11 is 0. The third-order valence-corrected chi connectivity index (χ3v) is 9.75. The Morgan fingerprint density at radius 3 is 2.23 bits per heavy atom. The molecule has 0 aromatic heterocycles. The molecule has 0 spiro atoms. The zero-order chi connectivity index (χ0) is 25.9. The Morgan fingerprint density at radius 2 is 1.46 bits per heavy atom. The van der Waals surface area contributed by atoms with Crippen LogP contribution in [-0.2, 0) is 0 Å². The number of anilines is 2. The van der Waals surface area contributed by atoms with Crippen molar-refractivity contribution in [1.29, 1.82) is 0 Å². The third-order valence-electron chi connectivity index (χ3n) is 9.75. The molecule has 188 valence electrons. The lowest BCUT2D eigenvalue weighted by Gasteiger charge is -2.54. The average Bonchev–Trinajstić information content (AvgIpc) is 3.51. The van der Waals surface area contributed by atoms with E-state index < -0.39 is 0 Å². The molecule has 3 heterocycles. The number of hydrogen-bond donors (Lipinski definition) is 0. The Morgan fingerprint density at radius 1 is 0.744 bits per heavy atom. The van der Waals surface area contributed by atoms with Gasteiger partial charge in [0.2, 0.25) is 0 Å². The van der Waals surface area contributed by atoms with Crippen molar-refractivity contribution >= 4 is 38.9 Å². The van der Waals surface area contributed by atoms with Crippen LogP contribution in [0.5, 0.6) is 0 Å². The molecular formula is C37H30N2. The lowest BCUT2D eigenvalue weighted by molar-refractivity contribution is 0.396. The van der Waals surface area contributed by atoms with Crippen LogP contribution in [0.15, 0.2) is 115 Å². The van der Waals surface area contributed by atoms with Crippen molar-refractivity contribution in [2.24, 2.45) is 0 Å². The van der Waals surface area contributed by atoms with Crippen LogP contribution >= 0.6 is 0 Å². The first-order valence-electron chi connectivity index (χ1n) is 14.2. The Balaban J connectivity index is 1.26. The van der Waals surface area contributed by atoms with Crippen molar-refractivity contribution in [3.8, 4) is 0 Å². The van der Waals surface area contributed by atoms with Crippen molar-refractivity contribution in [2.75, 3.05) is 9.80 Å². The van der Waals surface area contributed by atoms with E-state index in [0.717, 1.165) is 6.42 Å². The number of benzene rings is 4. The fourth-order valence-corrected chi connectivity index (χ4v) is 8.16. The zero-order valence-corrected chi connectivity index (χ0v) is 22.3. The van der Waals surface area contributed by atoms with Crippen molar-refractivity contribution in [3.05, 3.63) is 138 Å². The first-order valence-corrected chi connectivity index (χ1v) is 14.2. The van der Waals surface area contributed by atoms with Crippen LogP contribution in [0.3, 0.4) is 0 Å². The highest BCUT2D eigenvalue weighted by molar-refractivity contribution is 6.15. The summed E-state index contributed by atoms with van der Waals surface area (Å²) < 4.78 is 0. The zero-order valence-electron chi connectivity index (χ0n) is 22.3. The number of allylic oxidation sites excluding steroid dienone is 4.